The summed E-state index contributed by atoms with van der Waals surface area (Å²) in [6, 6.07) is 0.0252. The van der Waals surface area contributed by atoms with Crippen LogP contribution in [-0.4, -0.2) is 5.24 Å². The van der Waals surface area contributed by atoms with E-state index in [2.05, 4.69) is 0 Å². The highest BCUT2D eigenvalue weighted by molar-refractivity contribution is 6.67. The molecule has 0 atom stereocenters. The highest BCUT2D eigenvalue weighted by Gasteiger charge is 2.33. The van der Waals surface area contributed by atoms with Gasteiger partial charge in [0.1, 0.15) is 17.2 Å². The first kappa shape index (κ1) is 11.9. The summed E-state index contributed by atoms with van der Waals surface area (Å²) < 4.78 is 61.8. The van der Waals surface area contributed by atoms with E-state index >= 15 is 0 Å². The third-order valence-corrected chi connectivity index (χ3v) is 1.75. The average molecular weight is 245 g/mol. The van der Waals surface area contributed by atoms with E-state index in [-0.39, 0.29) is 12.1 Å². The molecule has 0 aromatic heterocycles. The Morgan fingerprint density at radius 1 is 1.13 bits per heavy atom. The molecule has 0 aliphatic rings. The predicted octanol–water partition coefficient (Wildman–Crippen LogP) is 3.36. The lowest BCUT2D eigenvalue weighted by atomic mass is 10.1. The van der Waals surface area contributed by atoms with Crippen LogP contribution in [0.1, 0.15) is 15.9 Å². The summed E-state index contributed by atoms with van der Waals surface area (Å²) in [7, 11) is 0. The lowest BCUT2D eigenvalue weighted by Crippen LogP contribution is -2.09. The van der Waals surface area contributed by atoms with Crippen molar-refractivity contribution in [3.05, 3.63) is 34.9 Å². The average Bonchev–Trinajstić information content (AvgIpc) is 1.99. The standard InChI is InChI=1S/C8H2ClF5O/c9-7(15)6-4(10)1-3(2-5(6)11)8(12,13)14/h1-2H. The van der Waals surface area contributed by atoms with Gasteiger partial charge in [0, 0.05) is 0 Å². The number of benzene rings is 1. The number of hydrogen-bond acceptors (Lipinski definition) is 1. The van der Waals surface area contributed by atoms with Crippen LogP contribution in [0, 0.1) is 11.6 Å². The van der Waals surface area contributed by atoms with E-state index in [0.29, 0.717) is 0 Å². The second-order valence-corrected chi connectivity index (χ2v) is 2.93. The van der Waals surface area contributed by atoms with Crippen LogP contribution < -0.4 is 0 Å². The van der Waals surface area contributed by atoms with E-state index in [1.54, 1.807) is 0 Å². The van der Waals surface area contributed by atoms with Gasteiger partial charge in [-0.2, -0.15) is 13.2 Å². The van der Waals surface area contributed by atoms with Gasteiger partial charge in [-0.25, -0.2) is 8.78 Å². The molecule has 0 fully saturated rings. The maximum Gasteiger partial charge on any atom is 0.416 e. The van der Waals surface area contributed by atoms with Crippen LogP contribution >= 0.6 is 11.6 Å². The third-order valence-electron chi connectivity index (χ3n) is 1.57. The molecule has 0 spiro atoms. The molecular weight excluding hydrogens is 243 g/mol. The predicted molar refractivity (Wildman–Crippen MR) is 41.5 cm³/mol. The van der Waals surface area contributed by atoms with Crippen molar-refractivity contribution in [1.29, 1.82) is 0 Å². The Balaban J connectivity index is 3.39. The van der Waals surface area contributed by atoms with E-state index < -0.39 is 34.2 Å². The van der Waals surface area contributed by atoms with Crippen molar-refractivity contribution in [3.8, 4) is 0 Å². The van der Waals surface area contributed by atoms with Gasteiger partial charge in [0.2, 0.25) is 0 Å². The molecule has 1 nitrogen and oxygen atoms in total. The van der Waals surface area contributed by atoms with Crippen molar-refractivity contribution in [2.75, 3.05) is 0 Å². The molecule has 0 saturated heterocycles. The topological polar surface area (TPSA) is 17.1 Å². The zero-order chi connectivity index (χ0) is 11.8. The Morgan fingerprint density at radius 2 is 1.53 bits per heavy atom. The quantitative estimate of drug-likeness (QED) is 0.547. The van der Waals surface area contributed by atoms with Gasteiger partial charge in [-0.1, -0.05) is 0 Å². The van der Waals surface area contributed by atoms with Crippen molar-refractivity contribution < 1.29 is 26.7 Å². The fourth-order valence-corrected chi connectivity index (χ4v) is 1.11. The molecule has 0 bridgehead atoms. The van der Waals surface area contributed by atoms with E-state index in [0.717, 1.165) is 0 Å². The normalized spacial score (nSPS) is 11.6. The first-order valence-electron chi connectivity index (χ1n) is 3.49. The fourth-order valence-electron chi connectivity index (χ4n) is 0.925. The zero-order valence-electron chi connectivity index (χ0n) is 6.83. The van der Waals surface area contributed by atoms with Gasteiger partial charge in [-0.05, 0) is 23.7 Å². The van der Waals surface area contributed by atoms with E-state index in [4.69, 9.17) is 11.6 Å². The Bertz CT molecular complexity index is 389. The van der Waals surface area contributed by atoms with Crippen molar-refractivity contribution in [2.45, 2.75) is 6.18 Å². The summed E-state index contributed by atoms with van der Waals surface area (Å²) in [5.74, 6) is -3.27. The number of rotatable bonds is 1. The molecule has 82 valence electrons. The molecule has 0 N–H and O–H groups in total. The molecule has 0 aliphatic carbocycles. The van der Waals surface area contributed by atoms with Crippen LogP contribution in [0.2, 0.25) is 0 Å². The first-order valence-corrected chi connectivity index (χ1v) is 3.87. The number of halogens is 6. The molecule has 0 aliphatic heterocycles. The Morgan fingerprint density at radius 3 is 1.80 bits per heavy atom. The van der Waals surface area contributed by atoms with Gasteiger partial charge in [-0.3, -0.25) is 4.79 Å². The maximum atomic E-state index is 12.8. The third kappa shape index (κ3) is 2.44. The highest BCUT2D eigenvalue weighted by Crippen LogP contribution is 2.31. The molecule has 1 aromatic carbocycles. The molecule has 0 saturated carbocycles. The van der Waals surface area contributed by atoms with E-state index in [1.165, 1.54) is 0 Å². The van der Waals surface area contributed by atoms with Crippen LogP contribution in [0.15, 0.2) is 12.1 Å². The molecular formula is C8H2ClF5O. The SMILES string of the molecule is O=C(Cl)c1c(F)cc(C(F)(F)F)cc1F. The van der Waals surface area contributed by atoms with Crippen molar-refractivity contribution in [3.63, 3.8) is 0 Å². The largest absolute Gasteiger partial charge is 0.416 e. The Hall–Kier alpha value is -1.17. The van der Waals surface area contributed by atoms with Gasteiger partial charge >= 0.3 is 6.18 Å². The zero-order valence-corrected chi connectivity index (χ0v) is 7.59. The number of carbonyl (C=O) groups excluding carboxylic acids is 1. The lowest BCUT2D eigenvalue weighted by Gasteiger charge is -2.08. The van der Waals surface area contributed by atoms with Crippen molar-refractivity contribution in [1.82, 2.24) is 0 Å². The fraction of sp³-hybridized carbons (Fsp3) is 0.125. The van der Waals surface area contributed by atoms with E-state index in [9.17, 15) is 26.7 Å². The Kier molecular flexibility index (Phi) is 2.99. The first-order chi connectivity index (χ1) is 6.73. The van der Waals surface area contributed by atoms with Gasteiger partial charge in [-0.15, -0.1) is 0 Å². The summed E-state index contributed by atoms with van der Waals surface area (Å²) in [6.07, 6.45) is -4.88. The summed E-state index contributed by atoms with van der Waals surface area (Å²) >= 11 is 4.78. The van der Waals surface area contributed by atoms with E-state index in [1.807, 2.05) is 0 Å². The summed E-state index contributed by atoms with van der Waals surface area (Å²) in [6.45, 7) is 0. The van der Waals surface area contributed by atoms with Crippen LogP contribution in [0.4, 0.5) is 22.0 Å². The highest BCUT2D eigenvalue weighted by atomic mass is 35.5. The molecule has 1 rings (SSSR count). The maximum absolute atomic E-state index is 12.8. The minimum absolute atomic E-state index is 0.0126. The molecule has 1 aromatic rings. The van der Waals surface area contributed by atoms with Gasteiger partial charge in [0.15, 0.2) is 0 Å². The van der Waals surface area contributed by atoms with Gasteiger partial charge < -0.3 is 0 Å². The van der Waals surface area contributed by atoms with Gasteiger partial charge in [0.25, 0.3) is 5.24 Å². The molecule has 0 amide bonds. The lowest BCUT2D eigenvalue weighted by molar-refractivity contribution is -0.138. The number of carbonyl (C=O) groups is 1. The van der Waals surface area contributed by atoms with Crippen molar-refractivity contribution >= 4 is 16.8 Å². The minimum atomic E-state index is -4.88. The Labute approximate surface area is 85.5 Å². The summed E-state index contributed by atoms with van der Waals surface area (Å²) in [5, 5.41) is -1.49. The molecule has 0 radical (unpaired) electrons. The van der Waals surface area contributed by atoms with Crippen LogP contribution in [0.3, 0.4) is 0 Å². The van der Waals surface area contributed by atoms with Gasteiger partial charge in [0.05, 0.1) is 5.56 Å². The van der Waals surface area contributed by atoms with Crippen LogP contribution in [0.5, 0.6) is 0 Å². The molecule has 15 heavy (non-hydrogen) atoms. The smallest absolute Gasteiger partial charge is 0.275 e. The minimum Gasteiger partial charge on any atom is -0.275 e. The molecule has 0 unspecified atom stereocenters. The van der Waals surface area contributed by atoms with Crippen molar-refractivity contribution in [2.24, 2.45) is 0 Å². The monoisotopic (exact) mass is 244 g/mol. The summed E-state index contributed by atoms with van der Waals surface area (Å²) in [4.78, 5) is 10.5. The molecule has 7 heteroatoms. The summed E-state index contributed by atoms with van der Waals surface area (Å²) in [5.41, 5.74) is -2.70. The second-order valence-electron chi connectivity index (χ2n) is 2.59. The second kappa shape index (κ2) is 3.77. The molecule has 0 heterocycles. The van der Waals surface area contributed by atoms with Crippen LogP contribution in [-0.2, 0) is 6.18 Å². The number of hydrogen-bond donors (Lipinski definition) is 0. The van der Waals surface area contributed by atoms with Crippen LogP contribution in [0.25, 0.3) is 0 Å². The number of alkyl halides is 3.